The molecule has 0 unspecified atom stereocenters. The van der Waals surface area contributed by atoms with Gasteiger partial charge in [-0.1, -0.05) is 12.1 Å². The number of hydrogen-bond donors (Lipinski definition) is 2. The minimum atomic E-state index is -1.34. The highest BCUT2D eigenvalue weighted by molar-refractivity contribution is 5.96. The van der Waals surface area contributed by atoms with Gasteiger partial charge < -0.3 is 10.4 Å². The second-order valence-electron chi connectivity index (χ2n) is 3.90. The zero-order valence-electron chi connectivity index (χ0n) is 10.0. The van der Waals surface area contributed by atoms with Crippen molar-refractivity contribution in [3.05, 3.63) is 64.0 Å². The van der Waals surface area contributed by atoms with Crippen molar-refractivity contribution < 1.29 is 19.2 Å². The Kier molecular flexibility index (Phi) is 3.60. The number of non-ortho nitro benzene ring substituents is 1. The second-order valence-corrected chi connectivity index (χ2v) is 3.90. The molecule has 2 aromatic rings. The molecule has 7 heteroatoms. The van der Waals surface area contributed by atoms with Gasteiger partial charge in [0.2, 0.25) is 0 Å². The summed E-state index contributed by atoms with van der Waals surface area (Å²) in [6, 6.07) is 9.03. The van der Waals surface area contributed by atoms with E-state index >= 15 is 0 Å². The summed E-state index contributed by atoms with van der Waals surface area (Å²) in [5.74, 6) is -1.89. The number of nitrogens with one attached hydrogen (secondary N) is 1. The predicted octanol–water partition coefficient (Wildman–Crippen LogP) is 3.18. The second kappa shape index (κ2) is 5.35. The Labute approximate surface area is 112 Å². The average Bonchev–Trinajstić information content (AvgIpc) is 2.41. The van der Waals surface area contributed by atoms with Crippen LogP contribution in [0.4, 0.5) is 21.5 Å². The summed E-state index contributed by atoms with van der Waals surface area (Å²) >= 11 is 0. The first kappa shape index (κ1) is 13.5. The molecule has 0 aliphatic rings. The van der Waals surface area contributed by atoms with Gasteiger partial charge in [0.1, 0.15) is 5.82 Å². The summed E-state index contributed by atoms with van der Waals surface area (Å²) in [4.78, 5) is 21.1. The standard InChI is InChI=1S/C13H9FN2O4/c14-10-3-1-2-4-12(10)15-11-6-5-8(16(19)20)7-9(11)13(17)18/h1-7,15H,(H,17,18). The Morgan fingerprint density at radius 1 is 1.20 bits per heavy atom. The molecule has 2 aromatic carbocycles. The van der Waals surface area contributed by atoms with Crippen LogP contribution in [0.2, 0.25) is 0 Å². The zero-order valence-corrected chi connectivity index (χ0v) is 10.0. The van der Waals surface area contributed by atoms with Crippen LogP contribution in [-0.4, -0.2) is 16.0 Å². The highest BCUT2D eigenvalue weighted by atomic mass is 19.1. The van der Waals surface area contributed by atoms with Gasteiger partial charge >= 0.3 is 5.97 Å². The number of carboxylic acid groups (broad SMARTS) is 1. The third-order valence-corrected chi connectivity index (χ3v) is 2.59. The number of hydrogen-bond acceptors (Lipinski definition) is 4. The molecule has 0 aliphatic heterocycles. The van der Waals surface area contributed by atoms with Crippen molar-refractivity contribution in [2.45, 2.75) is 0 Å². The van der Waals surface area contributed by atoms with E-state index in [1.165, 1.54) is 24.3 Å². The van der Waals surface area contributed by atoms with E-state index in [1.807, 2.05) is 0 Å². The van der Waals surface area contributed by atoms with Crippen LogP contribution in [0.1, 0.15) is 10.4 Å². The van der Waals surface area contributed by atoms with Gasteiger partial charge in [0, 0.05) is 12.1 Å². The van der Waals surface area contributed by atoms with E-state index in [4.69, 9.17) is 5.11 Å². The van der Waals surface area contributed by atoms with E-state index in [2.05, 4.69) is 5.32 Å². The first-order chi connectivity index (χ1) is 9.49. The SMILES string of the molecule is O=C(O)c1cc([N+](=O)[O-])ccc1Nc1ccccc1F. The number of para-hydroxylation sites is 1. The summed E-state index contributed by atoms with van der Waals surface area (Å²) in [7, 11) is 0. The Bertz CT molecular complexity index is 688. The molecular formula is C13H9FN2O4. The van der Waals surface area contributed by atoms with Crippen molar-refractivity contribution in [2.75, 3.05) is 5.32 Å². The molecule has 0 saturated heterocycles. The maximum Gasteiger partial charge on any atom is 0.338 e. The molecule has 0 spiro atoms. The van der Waals surface area contributed by atoms with Gasteiger partial charge in [0.05, 0.1) is 21.9 Å². The lowest BCUT2D eigenvalue weighted by Gasteiger charge is -2.10. The summed E-state index contributed by atoms with van der Waals surface area (Å²) in [6.07, 6.45) is 0. The molecule has 102 valence electrons. The van der Waals surface area contributed by atoms with Crippen molar-refractivity contribution in [3.63, 3.8) is 0 Å². The lowest BCUT2D eigenvalue weighted by Crippen LogP contribution is -2.04. The lowest BCUT2D eigenvalue weighted by atomic mass is 10.1. The fourth-order valence-electron chi connectivity index (χ4n) is 1.64. The van der Waals surface area contributed by atoms with E-state index in [1.54, 1.807) is 6.07 Å². The molecule has 0 aromatic heterocycles. The average molecular weight is 276 g/mol. The van der Waals surface area contributed by atoms with Crippen molar-refractivity contribution >= 4 is 23.0 Å². The van der Waals surface area contributed by atoms with Crippen LogP contribution in [0, 0.1) is 15.9 Å². The van der Waals surface area contributed by atoms with Crippen LogP contribution >= 0.6 is 0 Å². The monoisotopic (exact) mass is 276 g/mol. The van der Waals surface area contributed by atoms with Crippen molar-refractivity contribution in [1.29, 1.82) is 0 Å². The number of anilines is 2. The Morgan fingerprint density at radius 3 is 2.50 bits per heavy atom. The minimum Gasteiger partial charge on any atom is -0.478 e. The quantitative estimate of drug-likeness (QED) is 0.660. The molecular weight excluding hydrogens is 267 g/mol. The van der Waals surface area contributed by atoms with E-state index in [9.17, 15) is 19.3 Å². The lowest BCUT2D eigenvalue weighted by molar-refractivity contribution is -0.384. The number of carboxylic acids is 1. The Balaban J connectivity index is 2.44. The number of benzene rings is 2. The maximum atomic E-state index is 13.5. The fourth-order valence-corrected chi connectivity index (χ4v) is 1.64. The molecule has 0 fully saturated rings. The number of halogens is 1. The molecule has 0 atom stereocenters. The van der Waals surface area contributed by atoms with Gasteiger partial charge in [-0.3, -0.25) is 10.1 Å². The van der Waals surface area contributed by atoms with Crippen LogP contribution in [0.5, 0.6) is 0 Å². The van der Waals surface area contributed by atoms with Crippen LogP contribution in [0.15, 0.2) is 42.5 Å². The smallest absolute Gasteiger partial charge is 0.338 e. The predicted molar refractivity (Wildman–Crippen MR) is 69.7 cm³/mol. The maximum absolute atomic E-state index is 13.5. The zero-order chi connectivity index (χ0) is 14.7. The largest absolute Gasteiger partial charge is 0.478 e. The van der Waals surface area contributed by atoms with Crippen LogP contribution in [0.25, 0.3) is 0 Å². The molecule has 0 heterocycles. The number of carbonyl (C=O) groups is 1. The third-order valence-electron chi connectivity index (χ3n) is 2.59. The van der Waals surface area contributed by atoms with Gasteiger partial charge in [0.15, 0.2) is 0 Å². The number of rotatable bonds is 4. The summed E-state index contributed by atoms with van der Waals surface area (Å²) < 4.78 is 13.5. The number of aromatic carboxylic acids is 1. The highest BCUT2D eigenvalue weighted by Gasteiger charge is 2.16. The van der Waals surface area contributed by atoms with Gasteiger partial charge in [-0.05, 0) is 18.2 Å². The molecule has 0 amide bonds. The molecule has 2 rings (SSSR count). The Hall–Kier alpha value is -2.96. The molecule has 0 radical (unpaired) electrons. The first-order valence-corrected chi connectivity index (χ1v) is 5.52. The number of nitro benzene ring substituents is 1. The van der Waals surface area contributed by atoms with Crippen molar-refractivity contribution in [1.82, 2.24) is 0 Å². The Morgan fingerprint density at radius 2 is 1.90 bits per heavy atom. The van der Waals surface area contributed by atoms with Gasteiger partial charge in [-0.2, -0.15) is 0 Å². The summed E-state index contributed by atoms with van der Waals surface area (Å²) in [5.41, 5.74) is -0.485. The van der Waals surface area contributed by atoms with Crippen molar-refractivity contribution in [2.24, 2.45) is 0 Å². The summed E-state index contributed by atoms with van der Waals surface area (Å²) in [5, 5.41) is 22.3. The van der Waals surface area contributed by atoms with E-state index < -0.39 is 16.7 Å². The molecule has 20 heavy (non-hydrogen) atoms. The van der Waals surface area contributed by atoms with E-state index in [0.717, 1.165) is 12.1 Å². The van der Waals surface area contributed by atoms with Crippen molar-refractivity contribution in [3.8, 4) is 0 Å². The molecule has 0 aliphatic carbocycles. The minimum absolute atomic E-state index is 0.0770. The molecule has 0 bridgehead atoms. The normalized spacial score (nSPS) is 10.1. The van der Waals surface area contributed by atoms with Crippen LogP contribution in [-0.2, 0) is 0 Å². The topological polar surface area (TPSA) is 92.5 Å². The van der Waals surface area contributed by atoms with Crippen LogP contribution in [0.3, 0.4) is 0 Å². The molecule has 0 saturated carbocycles. The van der Waals surface area contributed by atoms with Gasteiger partial charge in [-0.15, -0.1) is 0 Å². The van der Waals surface area contributed by atoms with Gasteiger partial charge in [-0.25, -0.2) is 9.18 Å². The van der Waals surface area contributed by atoms with Gasteiger partial charge in [0.25, 0.3) is 5.69 Å². The highest BCUT2D eigenvalue weighted by Crippen LogP contribution is 2.26. The number of nitro groups is 1. The fraction of sp³-hybridized carbons (Fsp3) is 0. The van der Waals surface area contributed by atoms with Crippen LogP contribution < -0.4 is 5.32 Å². The molecule has 2 N–H and O–H groups in total. The van der Waals surface area contributed by atoms with E-state index in [-0.39, 0.29) is 22.6 Å². The first-order valence-electron chi connectivity index (χ1n) is 5.52. The summed E-state index contributed by atoms with van der Waals surface area (Å²) in [6.45, 7) is 0. The van der Waals surface area contributed by atoms with E-state index in [0.29, 0.717) is 0 Å². The third kappa shape index (κ3) is 2.72. The molecule has 6 nitrogen and oxygen atoms in total. The number of nitrogens with zero attached hydrogens (tertiary/aromatic N) is 1.